The normalized spacial score (nSPS) is 20.6. The van der Waals surface area contributed by atoms with Gasteiger partial charge in [0.05, 0.1) is 18.0 Å². The molecule has 1 atom stereocenters. The average Bonchev–Trinajstić information content (AvgIpc) is 2.65. The smallest absolute Gasteiger partial charge is 0.272 e. The van der Waals surface area contributed by atoms with E-state index in [1.54, 1.807) is 17.0 Å². The van der Waals surface area contributed by atoms with E-state index in [0.29, 0.717) is 30.9 Å². The van der Waals surface area contributed by atoms with E-state index in [4.69, 9.17) is 5.73 Å². The van der Waals surface area contributed by atoms with Gasteiger partial charge in [0.25, 0.3) is 5.91 Å². The number of pyridine rings is 1. The monoisotopic (exact) mass is 207 g/mol. The van der Waals surface area contributed by atoms with Crippen LogP contribution in [0.5, 0.6) is 0 Å². The van der Waals surface area contributed by atoms with E-state index in [9.17, 15) is 9.90 Å². The number of likely N-dealkylation sites (tertiary alicyclic amines) is 1. The maximum Gasteiger partial charge on any atom is 0.272 e. The molecule has 0 unspecified atom stereocenters. The fourth-order valence-corrected chi connectivity index (χ4v) is 1.62. The number of amides is 1. The first-order valence-electron chi connectivity index (χ1n) is 4.85. The molecular formula is C10H13N3O2. The van der Waals surface area contributed by atoms with E-state index < -0.39 is 6.10 Å². The topological polar surface area (TPSA) is 79.5 Å². The number of aromatic nitrogens is 1. The van der Waals surface area contributed by atoms with Gasteiger partial charge in [-0.2, -0.15) is 0 Å². The first kappa shape index (κ1) is 9.92. The summed E-state index contributed by atoms with van der Waals surface area (Å²) >= 11 is 0. The third kappa shape index (κ3) is 2.07. The summed E-state index contributed by atoms with van der Waals surface area (Å²) in [5.74, 6) is -0.147. The summed E-state index contributed by atoms with van der Waals surface area (Å²) in [6.07, 6.45) is 1.70. The van der Waals surface area contributed by atoms with Gasteiger partial charge < -0.3 is 15.7 Å². The van der Waals surface area contributed by atoms with E-state index in [2.05, 4.69) is 4.98 Å². The second kappa shape index (κ2) is 3.86. The molecule has 0 bridgehead atoms. The molecule has 0 radical (unpaired) electrons. The molecule has 1 saturated heterocycles. The molecule has 5 nitrogen and oxygen atoms in total. The Morgan fingerprint density at radius 2 is 2.40 bits per heavy atom. The summed E-state index contributed by atoms with van der Waals surface area (Å²) in [7, 11) is 0. The summed E-state index contributed by atoms with van der Waals surface area (Å²) in [6.45, 7) is 0.983. The summed E-state index contributed by atoms with van der Waals surface area (Å²) in [4.78, 5) is 17.4. The second-order valence-electron chi connectivity index (χ2n) is 3.67. The molecule has 1 aliphatic heterocycles. The molecule has 0 aromatic carbocycles. The third-order valence-corrected chi connectivity index (χ3v) is 2.46. The number of nitrogens with two attached hydrogens (primary N) is 1. The molecule has 80 valence electrons. The maximum atomic E-state index is 11.8. The quantitative estimate of drug-likeness (QED) is 0.672. The van der Waals surface area contributed by atoms with Crippen LogP contribution in [-0.4, -0.2) is 40.1 Å². The van der Waals surface area contributed by atoms with Gasteiger partial charge in [-0.3, -0.25) is 4.79 Å². The number of anilines is 1. The van der Waals surface area contributed by atoms with Gasteiger partial charge in [-0.25, -0.2) is 4.98 Å². The van der Waals surface area contributed by atoms with Crippen LogP contribution in [0.2, 0.25) is 0 Å². The molecule has 1 aliphatic rings. The second-order valence-corrected chi connectivity index (χ2v) is 3.67. The Balaban J connectivity index is 2.11. The highest BCUT2D eigenvalue weighted by Gasteiger charge is 2.25. The van der Waals surface area contributed by atoms with Crippen molar-refractivity contribution in [2.45, 2.75) is 12.5 Å². The van der Waals surface area contributed by atoms with Crippen LogP contribution < -0.4 is 5.73 Å². The fraction of sp³-hybridized carbons (Fsp3) is 0.400. The number of hydrogen-bond donors (Lipinski definition) is 2. The highest BCUT2D eigenvalue weighted by Crippen LogP contribution is 2.12. The summed E-state index contributed by atoms with van der Waals surface area (Å²) in [5.41, 5.74) is 6.38. The molecule has 1 aromatic rings. The number of aliphatic hydroxyl groups is 1. The lowest BCUT2D eigenvalue weighted by atomic mass is 10.3. The first-order valence-corrected chi connectivity index (χ1v) is 4.85. The molecule has 15 heavy (non-hydrogen) atoms. The minimum atomic E-state index is -0.400. The van der Waals surface area contributed by atoms with Gasteiger partial charge in [0.2, 0.25) is 0 Å². The zero-order valence-corrected chi connectivity index (χ0v) is 8.26. The average molecular weight is 207 g/mol. The number of rotatable bonds is 1. The summed E-state index contributed by atoms with van der Waals surface area (Å²) in [6, 6.07) is 3.25. The summed E-state index contributed by atoms with van der Waals surface area (Å²) in [5, 5.41) is 9.31. The van der Waals surface area contributed by atoms with Crippen LogP contribution in [0.3, 0.4) is 0 Å². The molecule has 0 spiro atoms. The molecular weight excluding hydrogens is 194 g/mol. The highest BCUT2D eigenvalue weighted by atomic mass is 16.3. The SMILES string of the molecule is Nc1ccc(C(=O)N2CC[C@@H](O)C2)nc1. The van der Waals surface area contributed by atoms with E-state index in [0.717, 1.165) is 0 Å². The standard InChI is InChI=1S/C10H13N3O2/c11-7-1-2-9(12-5-7)10(15)13-4-3-8(14)6-13/h1-2,5,8,14H,3-4,6,11H2/t8-/m1/s1. The molecule has 0 saturated carbocycles. The largest absolute Gasteiger partial charge is 0.397 e. The van der Waals surface area contributed by atoms with Crippen LogP contribution in [0, 0.1) is 0 Å². The molecule has 1 amide bonds. The van der Waals surface area contributed by atoms with Crippen molar-refractivity contribution in [3.05, 3.63) is 24.0 Å². The zero-order valence-electron chi connectivity index (χ0n) is 8.26. The highest BCUT2D eigenvalue weighted by molar-refractivity contribution is 5.92. The molecule has 1 fully saturated rings. The van der Waals surface area contributed by atoms with Crippen molar-refractivity contribution in [3.63, 3.8) is 0 Å². The number of nitrogen functional groups attached to an aromatic ring is 1. The molecule has 1 aromatic heterocycles. The van der Waals surface area contributed by atoms with Crippen LogP contribution >= 0.6 is 0 Å². The lowest BCUT2D eigenvalue weighted by Gasteiger charge is -2.14. The maximum absolute atomic E-state index is 11.8. The van der Waals surface area contributed by atoms with Crippen molar-refractivity contribution in [3.8, 4) is 0 Å². The Morgan fingerprint density at radius 1 is 1.60 bits per heavy atom. The van der Waals surface area contributed by atoms with Gasteiger partial charge in [-0.1, -0.05) is 0 Å². The number of nitrogens with zero attached hydrogens (tertiary/aromatic N) is 2. The van der Waals surface area contributed by atoms with Crippen LogP contribution in [0.15, 0.2) is 18.3 Å². The number of aliphatic hydroxyl groups excluding tert-OH is 1. The first-order chi connectivity index (χ1) is 7.16. The van der Waals surface area contributed by atoms with E-state index in [-0.39, 0.29) is 5.91 Å². The zero-order chi connectivity index (χ0) is 10.8. The van der Waals surface area contributed by atoms with Gasteiger partial charge in [0, 0.05) is 13.1 Å². The third-order valence-electron chi connectivity index (χ3n) is 2.46. The Labute approximate surface area is 87.5 Å². The lowest BCUT2D eigenvalue weighted by Crippen LogP contribution is -2.30. The number of hydrogen-bond acceptors (Lipinski definition) is 4. The van der Waals surface area contributed by atoms with E-state index >= 15 is 0 Å². The number of carbonyl (C=O) groups excluding carboxylic acids is 1. The van der Waals surface area contributed by atoms with Crippen LogP contribution in [0.4, 0.5) is 5.69 Å². The van der Waals surface area contributed by atoms with Crippen molar-refractivity contribution >= 4 is 11.6 Å². The van der Waals surface area contributed by atoms with Gasteiger partial charge in [-0.05, 0) is 18.6 Å². The van der Waals surface area contributed by atoms with Gasteiger partial charge in [0.1, 0.15) is 5.69 Å². The van der Waals surface area contributed by atoms with E-state index in [1.165, 1.54) is 6.20 Å². The minimum absolute atomic E-state index is 0.147. The number of β-amino-alcohol motifs (C(OH)–C–C–N with tert-alkyl or cyclic N) is 1. The summed E-state index contributed by atoms with van der Waals surface area (Å²) < 4.78 is 0. The van der Waals surface area contributed by atoms with Gasteiger partial charge in [0.15, 0.2) is 0 Å². The Morgan fingerprint density at radius 3 is 2.93 bits per heavy atom. The number of carbonyl (C=O) groups is 1. The van der Waals surface area contributed by atoms with Gasteiger partial charge in [-0.15, -0.1) is 0 Å². The molecule has 5 heteroatoms. The van der Waals surface area contributed by atoms with Crippen LogP contribution in [0.25, 0.3) is 0 Å². The van der Waals surface area contributed by atoms with Crippen molar-refractivity contribution in [1.82, 2.24) is 9.88 Å². The predicted molar refractivity (Wildman–Crippen MR) is 55.2 cm³/mol. The van der Waals surface area contributed by atoms with Crippen molar-refractivity contribution in [1.29, 1.82) is 0 Å². The minimum Gasteiger partial charge on any atom is -0.397 e. The molecule has 0 aliphatic carbocycles. The van der Waals surface area contributed by atoms with E-state index in [1.807, 2.05) is 0 Å². The Kier molecular flexibility index (Phi) is 2.55. The van der Waals surface area contributed by atoms with Crippen molar-refractivity contribution < 1.29 is 9.90 Å². The lowest BCUT2D eigenvalue weighted by molar-refractivity contribution is 0.0759. The van der Waals surface area contributed by atoms with Crippen molar-refractivity contribution in [2.24, 2.45) is 0 Å². The van der Waals surface area contributed by atoms with Crippen LogP contribution in [0.1, 0.15) is 16.9 Å². The molecule has 3 N–H and O–H groups in total. The molecule has 2 heterocycles. The predicted octanol–water partition coefficient (Wildman–Crippen LogP) is -0.129. The Bertz CT molecular complexity index is 363. The molecule has 2 rings (SSSR count). The van der Waals surface area contributed by atoms with Crippen LogP contribution in [-0.2, 0) is 0 Å². The fourth-order valence-electron chi connectivity index (χ4n) is 1.62. The van der Waals surface area contributed by atoms with Gasteiger partial charge >= 0.3 is 0 Å². The van der Waals surface area contributed by atoms with Crippen molar-refractivity contribution in [2.75, 3.05) is 18.8 Å². The Hall–Kier alpha value is -1.62.